The van der Waals surface area contributed by atoms with Crippen LogP contribution in [0.1, 0.15) is 62.8 Å². The van der Waals surface area contributed by atoms with Gasteiger partial charge in [0.1, 0.15) is 0 Å². The molecule has 0 bridgehead atoms. The molecule has 28 heavy (non-hydrogen) atoms. The summed E-state index contributed by atoms with van der Waals surface area (Å²) < 4.78 is 0. The van der Waals surface area contributed by atoms with Gasteiger partial charge in [-0.3, -0.25) is 9.59 Å². The second-order valence-electron chi connectivity index (χ2n) is 7.33. The van der Waals surface area contributed by atoms with Crippen LogP contribution in [0.25, 0.3) is 10.4 Å². The molecule has 4 nitrogen and oxygen atoms in total. The lowest BCUT2D eigenvalue weighted by molar-refractivity contribution is -0.137. The molecule has 5 heteroatoms. The smallest absolute Gasteiger partial charge is 0.303 e. The Labute approximate surface area is 172 Å². The fourth-order valence-electron chi connectivity index (χ4n) is 3.10. The molecule has 0 aliphatic rings. The molecule has 2 N–H and O–H groups in total. The van der Waals surface area contributed by atoms with Crippen molar-refractivity contribution in [3.05, 3.63) is 46.8 Å². The van der Waals surface area contributed by atoms with Gasteiger partial charge in [-0.1, -0.05) is 57.7 Å². The van der Waals surface area contributed by atoms with Gasteiger partial charge in [0, 0.05) is 22.2 Å². The minimum Gasteiger partial charge on any atom is -0.481 e. The molecule has 1 aromatic heterocycles. The lowest BCUT2D eigenvalue weighted by Crippen LogP contribution is -2.28. The highest BCUT2D eigenvalue weighted by Crippen LogP contribution is 2.29. The number of benzene rings is 1. The topological polar surface area (TPSA) is 66.4 Å². The molecule has 0 spiro atoms. The van der Waals surface area contributed by atoms with Crippen molar-refractivity contribution in [3.63, 3.8) is 0 Å². The highest BCUT2D eigenvalue weighted by atomic mass is 32.1. The standard InChI is InChI=1S/C23H31NO3S/c1-3-4-5-6-8-17(2)23(27)24-16-18-9-7-10-19(15-18)21-13-11-20(28-21)12-14-22(25)26/h7,9-11,13,15,17H,3-6,8,12,14,16H2,1-2H3,(H,24,27)(H,25,26). The third-order valence-electron chi connectivity index (χ3n) is 4.86. The van der Waals surface area contributed by atoms with E-state index >= 15 is 0 Å². The van der Waals surface area contributed by atoms with E-state index in [9.17, 15) is 9.59 Å². The molecule has 2 rings (SSSR count). The monoisotopic (exact) mass is 401 g/mol. The van der Waals surface area contributed by atoms with Gasteiger partial charge in [0.15, 0.2) is 0 Å². The van der Waals surface area contributed by atoms with Crippen molar-refractivity contribution < 1.29 is 14.7 Å². The van der Waals surface area contributed by atoms with Gasteiger partial charge in [0.25, 0.3) is 0 Å². The molecular weight excluding hydrogens is 370 g/mol. The number of rotatable bonds is 12. The number of carboxylic acids is 1. The molecule has 1 amide bonds. The zero-order chi connectivity index (χ0) is 20.4. The minimum atomic E-state index is -0.771. The van der Waals surface area contributed by atoms with Crippen LogP contribution in [0.5, 0.6) is 0 Å². The number of hydrogen-bond acceptors (Lipinski definition) is 3. The molecule has 0 saturated heterocycles. The Morgan fingerprint density at radius 1 is 1.14 bits per heavy atom. The highest BCUT2D eigenvalue weighted by molar-refractivity contribution is 7.15. The van der Waals surface area contributed by atoms with Crippen molar-refractivity contribution in [1.82, 2.24) is 5.32 Å². The van der Waals surface area contributed by atoms with Gasteiger partial charge in [0.05, 0.1) is 6.42 Å². The van der Waals surface area contributed by atoms with Crippen LogP contribution in [-0.4, -0.2) is 17.0 Å². The Morgan fingerprint density at radius 2 is 1.96 bits per heavy atom. The van der Waals surface area contributed by atoms with Gasteiger partial charge in [0.2, 0.25) is 5.91 Å². The van der Waals surface area contributed by atoms with Gasteiger partial charge >= 0.3 is 5.97 Å². The van der Waals surface area contributed by atoms with Gasteiger partial charge in [-0.05, 0) is 42.2 Å². The van der Waals surface area contributed by atoms with E-state index in [1.807, 2.05) is 31.2 Å². The Morgan fingerprint density at radius 3 is 2.71 bits per heavy atom. The molecule has 1 aromatic carbocycles. The van der Waals surface area contributed by atoms with E-state index in [2.05, 4.69) is 24.4 Å². The number of unbranched alkanes of at least 4 members (excludes halogenated alkanes) is 3. The van der Waals surface area contributed by atoms with E-state index in [1.165, 1.54) is 19.3 Å². The van der Waals surface area contributed by atoms with Gasteiger partial charge < -0.3 is 10.4 Å². The van der Waals surface area contributed by atoms with Crippen molar-refractivity contribution in [2.75, 3.05) is 0 Å². The Bertz CT molecular complexity index is 769. The van der Waals surface area contributed by atoms with Crippen molar-refractivity contribution in [3.8, 4) is 10.4 Å². The SMILES string of the molecule is CCCCCCC(C)C(=O)NCc1cccc(-c2ccc(CCC(=O)O)s2)c1. The Hall–Kier alpha value is -2.14. The first-order chi connectivity index (χ1) is 13.5. The van der Waals surface area contributed by atoms with E-state index in [0.717, 1.165) is 33.7 Å². The van der Waals surface area contributed by atoms with Crippen LogP contribution < -0.4 is 5.32 Å². The van der Waals surface area contributed by atoms with Crippen LogP contribution in [0.2, 0.25) is 0 Å². The number of carboxylic acid groups (broad SMARTS) is 1. The van der Waals surface area contributed by atoms with Gasteiger partial charge in [-0.2, -0.15) is 0 Å². The average molecular weight is 402 g/mol. The van der Waals surface area contributed by atoms with E-state index < -0.39 is 5.97 Å². The van der Waals surface area contributed by atoms with Crippen LogP contribution in [0, 0.1) is 5.92 Å². The molecule has 152 valence electrons. The lowest BCUT2D eigenvalue weighted by atomic mass is 10.0. The van der Waals surface area contributed by atoms with Crippen LogP contribution in [0.3, 0.4) is 0 Å². The van der Waals surface area contributed by atoms with Gasteiger partial charge in [-0.15, -0.1) is 11.3 Å². The first-order valence-corrected chi connectivity index (χ1v) is 11.0. The van der Waals surface area contributed by atoms with E-state index in [1.54, 1.807) is 11.3 Å². The first-order valence-electron chi connectivity index (χ1n) is 10.2. The zero-order valence-electron chi connectivity index (χ0n) is 16.9. The van der Waals surface area contributed by atoms with Crippen LogP contribution >= 0.6 is 11.3 Å². The summed E-state index contributed by atoms with van der Waals surface area (Å²) >= 11 is 1.63. The first kappa shape index (κ1) is 22.2. The molecule has 0 fully saturated rings. The van der Waals surface area contributed by atoms with E-state index in [-0.39, 0.29) is 18.2 Å². The average Bonchev–Trinajstić information content (AvgIpc) is 3.17. The second kappa shape index (κ2) is 11.6. The predicted octanol–water partition coefficient (Wildman–Crippen LogP) is 5.66. The number of carbonyl (C=O) groups excluding carboxylic acids is 1. The van der Waals surface area contributed by atoms with E-state index in [4.69, 9.17) is 5.11 Å². The van der Waals surface area contributed by atoms with Crippen LogP contribution in [0.4, 0.5) is 0 Å². The third kappa shape index (κ3) is 7.47. The molecule has 0 saturated carbocycles. The number of hydrogen-bond donors (Lipinski definition) is 2. The van der Waals surface area contributed by atoms with Gasteiger partial charge in [-0.25, -0.2) is 0 Å². The van der Waals surface area contributed by atoms with Crippen LogP contribution in [0.15, 0.2) is 36.4 Å². The number of carbonyl (C=O) groups is 2. The summed E-state index contributed by atoms with van der Waals surface area (Å²) in [6.45, 7) is 4.72. The lowest BCUT2D eigenvalue weighted by Gasteiger charge is -2.12. The maximum absolute atomic E-state index is 12.3. The summed E-state index contributed by atoms with van der Waals surface area (Å²) in [5.41, 5.74) is 2.18. The molecule has 0 aliphatic carbocycles. The van der Waals surface area contributed by atoms with Crippen molar-refractivity contribution in [2.45, 2.75) is 65.3 Å². The number of aryl methyl sites for hydroxylation is 1. The molecule has 0 aliphatic heterocycles. The zero-order valence-corrected chi connectivity index (χ0v) is 17.7. The number of amides is 1. The van der Waals surface area contributed by atoms with E-state index in [0.29, 0.717) is 13.0 Å². The van der Waals surface area contributed by atoms with Crippen molar-refractivity contribution in [2.24, 2.45) is 5.92 Å². The second-order valence-corrected chi connectivity index (χ2v) is 8.50. The maximum Gasteiger partial charge on any atom is 0.303 e. The fraction of sp³-hybridized carbons (Fsp3) is 0.478. The largest absolute Gasteiger partial charge is 0.481 e. The van der Waals surface area contributed by atoms with Crippen molar-refractivity contribution >= 4 is 23.2 Å². The summed E-state index contributed by atoms with van der Waals surface area (Å²) in [6, 6.07) is 12.2. The molecule has 1 heterocycles. The predicted molar refractivity (Wildman–Crippen MR) is 115 cm³/mol. The maximum atomic E-state index is 12.3. The summed E-state index contributed by atoms with van der Waals surface area (Å²) in [4.78, 5) is 25.2. The summed E-state index contributed by atoms with van der Waals surface area (Å²) in [5, 5.41) is 11.9. The molecular formula is C23H31NO3S. The Kier molecular flexibility index (Phi) is 9.21. The third-order valence-corrected chi connectivity index (χ3v) is 6.06. The number of aliphatic carboxylic acids is 1. The minimum absolute atomic E-state index is 0.0501. The fourth-order valence-corrected chi connectivity index (χ4v) is 4.11. The Balaban J connectivity index is 1.87. The summed E-state index contributed by atoms with van der Waals surface area (Å²) in [5.74, 6) is -0.601. The number of thiophene rings is 1. The normalized spacial score (nSPS) is 11.9. The summed E-state index contributed by atoms with van der Waals surface area (Å²) in [6.07, 6.45) is 6.42. The quantitative estimate of drug-likeness (QED) is 0.451. The molecule has 0 radical (unpaired) electrons. The number of nitrogens with one attached hydrogen (secondary N) is 1. The molecule has 1 unspecified atom stereocenters. The molecule has 1 atom stereocenters. The van der Waals surface area contributed by atoms with Crippen molar-refractivity contribution in [1.29, 1.82) is 0 Å². The summed E-state index contributed by atoms with van der Waals surface area (Å²) in [7, 11) is 0. The van der Waals surface area contributed by atoms with Crippen LogP contribution in [-0.2, 0) is 22.6 Å². The highest BCUT2D eigenvalue weighted by Gasteiger charge is 2.12. The molecule has 2 aromatic rings.